The van der Waals surface area contributed by atoms with Crippen LogP contribution in [-0.2, 0) is 9.53 Å². The summed E-state index contributed by atoms with van der Waals surface area (Å²) in [6.07, 6.45) is 22.2. The highest BCUT2D eigenvalue weighted by Crippen LogP contribution is 2.08. The lowest BCUT2D eigenvalue weighted by atomic mass is 10.1. The lowest BCUT2D eigenvalue weighted by molar-refractivity contribution is -0.142. The first kappa shape index (κ1) is 24.8. The minimum atomic E-state index is -0.703. The molecule has 5 nitrogen and oxygen atoms in total. The van der Waals surface area contributed by atoms with Gasteiger partial charge in [0, 0.05) is 12.5 Å². The number of cyclic esters (lactones) is 1. The van der Waals surface area contributed by atoms with E-state index in [2.05, 4.69) is 0 Å². The Bertz CT molecular complexity index is 627. The second kappa shape index (κ2) is 15.7. The van der Waals surface area contributed by atoms with Crippen molar-refractivity contribution in [2.24, 2.45) is 0 Å². The molecule has 1 aliphatic heterocycles. The summed E-state index contributed by atoms with van der Waals surface area (Å²) < 4.78 is 5.31. The zero-order chi connectivity index (χ0) is 21.3. The van der Waals surface area contributed by atoms with Crippen molar-refractivity contribution in [2.75, 3.05) is 0 Å². The molecule has 1 rings (SSSR count). The molecule has 1 aliphatic rings. The minimum Gasteiger partial charge on any atom is -0.460 e. The Balaban J connectivity index is 2.66. The van der Waals surface area contributed by atoms with E-state index in [9.17, 15) is 20.1 Å². The predicted octanol–water partition coefficient (Wildman–Crippen LogP) is 3.69. The number of hydrogen-bond donors (Lipinski definition) is 3. The van der Waals surface area contributed by atoms with Crippen molar-refractivity contribution < 1.29 is 24.9 Å². The first-order chi connectivity index (χ1) is 14.0. The molecule has 3 N–H and O–H groups in total. The Labute approximate surface area is 174 Å². The topological polar surface area (TPSA) is 87.0 Å². The van der Waals surface area contributed by atoms with E-state index >= 15 is 0 Å². The highest BCUT2D eigenvalue weighted by atomic mass is 16.5. The van der Waals surface area contributed by atoms with E-state index in [-0.39, 0.29) is 18.5 Å². The van der Waals surface area contributed by atoms with Crippen LogP contribution in [0.1, 0.15) is 45.4 Å². The minimum absolute atomic E-state index is 0.158. The fourth-order valence-electron chi connectivity index (χ4n) is 2.66. The molecule has 29 heavy (non-hydrogen) atoms. The Morgan fingerprint density at radius 2 is 1.52 bits per heavy atom. The molecule has 1 heterocycles. The van der Waals surface area contributed by atoms with Crippen LogP contribution in [-0.4, -0.2) is 45.7 Å². The summed E-state index contributed by atoms with van der Waals surface area (Å²) in [5.41, 5.74) is 0. The van der Waals surface area contributed by atoms with Gasteiger partial charge in [0.1, 0.15) is 0 Å². The highest BCUT2D eigenvalue weighted by molar-refractivity contribution is 5.82. The number of rotatable bonds is 0. The number of aliphatic hydroxyl groups excluding tert-OH is 3. The second-order valence-electron chi connectivity index (χ2n) is 7.09. The molecule has 0 aliphatic carbocycles. The summed E-state index contributed by atoms with van der Waals surface area (Å²) in [4.78, 5) is 11.7. The molecule has 0 fully saturated rings. The normalized spacial score (nSPS) is 35.4. The van der Waals surface area contributed by atoms with Gasteiger partial charge in [-0.05, 0) is 39.0 Å². The summed E-state index contributed by atoms with van der Waals surface area (Å²) in [5.74, 6) is -0.378. The van der Waals surface area contributed by atoms with Gasteiger partial charge in [-0.2, -0.15) is 0 Å². The number of ether oxygens (including phenoxy) is 1. The van der Waals surface area contributed by atoms with Crippen LogP contribution < -0.4 is 0 Å². The fourth-order valence-corrected chi connectivity index (χ4v) is 2.66. The highest BCUT2D eigenvalue weighted by Gasteiger charge is 2.07. The molecule has 0 spiro atoms. The number of aliphatic hydroxyl groups is 3. The van der Waals surface area contributed by atoms with Gasteiger partial charge in [-0.3, -0.25) is 0 Å². The van der Waals surface area contributed by atoms with Gasteiger partial charge in [0.05, 0.1) is 24.4 Å². The Hall–Kier alpha value is -2.21. The standard InChI is InChI=1S/C24H34O5/c1-20-13-7-3-2-4-8-16-22(26)19-23(27)17-11-5-9-14-21(25)15-10-6-12-18-24(28)29-20/h2,4-6,8-12,14,16,18,20-23,25-27H,3,7,13,15,17,19H2,1H3/b4-2+,10-6+,11-5-,14-9+,16-8+,18-12+. The predicted molar refractivity (Wildman–Crippen MR) is 116 cm³/mol. The first-order valence-electron chi connectivity index (χ1n) is 10.2. The van der Waals surface area contributed by atoms with Crippen LogP contribution in [0.2, 0.25) is 0 Å². The number of carbonyl (C=O) groups excluding carboxylic acids is 1. The van der Waals surface area contributed by atoms with Crippen LogP contribution in [0.3, 0.4) is 0 Å². The van der Waals surface area contributed by atoms with Crippen molar-refractivity contribution in [3.8, 4) is 0 Å². The van der Waals surface area contributed by atoms with Gasteiger partial charge in [-0.1, -0.05) is 66.8 Å². The third kappa shape index (κ3) is 14.4. The molecule has 5 heteroatoms. The lowest BCUT2D eigenvalue weighted by Gasteiger charge is -2.10. The second-order valence-corrected chi connectivity index (χ2v) is 7.09. The maximum atomic E-state index is 11.7. The van der Waals surface area contributed by atoms with Crippen LogP contribution in [0.15, 0.2) is 72.9 Å². The summed E-state index contributed by atoms with van der Waals surface area (Å²) >= 11 is 0. The Morgan fingerprint density at radius 3 is 2.31 bits per heavy atom. The number of hydrogen-bond acceptors (Lipinski definition) is 5. The Kier molecular flexibility index (Phi) is 13.4. The van der Waals surface area contributed by atoms with Crippen LogP contribution in [0.25, 0.3) is 0 Å². The molecule has 0 aromatic rings. The monoisotopic (exact) mass is 402 g/mol. The van der Waals surface area contributed by atoms with Crippen molar-refractivity contribution in [1.29, 1.82) is 0 Å². The van der Waals surface area contributed by atoms with Gasteiger partial charge in [0.25, 0.3) is 0 Å². The molecular formula is C24H34O5. The molecule has 0 saturated heterocycles. The van der Waals surface area contributed by atoms with E-state index in [0.29, 0.717) is 12.8 Å². The average molecular weight is 403 g/mol. The van der Waals surface area contributed by atoms with Crippen molar-refractivity contribution >= 4 is 5.97 Å². The summed E-state index contributed by atoms with van der Waals surface area (Å²) in [5, 5.41) is 29.8. The largest absolute Gasteiger partial charge is 0.460 e. The quantitative estimate of drug-likeness (QED) is 0.538. The van der Waals surface area contributed by atoms with Crippen molar-refractivity contribution in [2.45, 2.75) is 69.9 Å². The lowest BCUT2D eigenvalue weighted by Crippen LogP contribution is -2.14. The number of esters is 1. The van der Waals surface area contributed by atoms with Gasteiger partial charge in [0.2, 0.25) is 0 Å². The summed E-state index contributed by atoms with van der Waals surface area (Å²) in [6, 6.07) is 0. The van der Waals surface area contributed by atoms with Gasteiger partial charge in [0.15, 0.2) is 0 Å². The third-order valence-corrected chi connectivity index (χ3v) is 4.24. The van der Waals surface area contributed by atoms with Crippen molar-refractivity contribution in [1.82, 2.24) is 0 Å². The summed E-state index contributed by atoms with van der Waals surface area (Å²) in [7, 11) is 0. The van der Waals surface area contributed by atoms with E-state index in [0.717, 1.165) is 19.3 Å². The first-order valence-corrected chi connectivity index (χ1v) is 10.2. The molecule has 0 radical (unpaired) electrons. The van der Waals surface area contributed by atoms with E-state index in [1.54, 1.807) is 54.7 Å². The molecule has 0 bridgehead atoms. The van der Waals surface area contributed by atoms with E-state index in [4.69, 9.17) is 4.74 Å². The number of carbonyl (C=O) groups is 1. The molecule has 0 saturated carbocycles. The molecule has 0 aromatic heterocycles. The van der Waals surface area contributed by atoms with E-state index in [1.807, 2.05) is 19.1 Å². The van der Waals surface area contributed by atoms with Crippen molar-refractivity contribution in [3.63, 3.8) is 0 Å². The van der Waals surface area contributed by atoms with Crippen LogP contribution in [0, 0.1) is 0 Å². The molecular weight excluding hydrogens is 368 g/mol. The number of allylic oxidation sites excluding steroid dienone is 7. The maximum absolute atomic E-state index is 11.7. The fraction of sp³-hybridized carbons (Fsp3) is 0.458. The molecule has 0 amide bonds. The van der Waals surface area contributed by atoms with E-state index < -0.39 is 18.3 Å². The van der Waals surface area contributed by atoms with E-state index in [1.165, 1.54) is 6.08 Å². The smallest absolute Gasteiger partial charge is 0.331 e. The molecule has 0 aromatic carbocycles. The molecule has 4 unspecified atom stereocenters. The van der Waals surface area contributed by atoms with Crippen LogP contribution in [0.4, 0.5) is 0 Å². The Morgan fingerprint density at radius 1 is 0.862 bits per heavy atom. The third-order valence-electron chi connectivity index (χ3n) is 4.24. The van der Waals surface area contributed by atoms with Crippen LogP contribution >= 0.6 is 0 Å². The molecule has 4 atom stereocenters. The zero-order valence-corrected chi connectivity index (χ0v) is 17.1. The van der Waals surface area contributed by atoms with Gasteiger partial charge < -0.3 is 20.1 Å². The van der Waals surface area contributed by atoms with Gasteiger partial charge in [-0.25, -0.2) is 4.79 Å². The van der Waals surface area contributed by atoms with Gasteiger partial charge >= 0.3 is 5.97 Å². The summed E-state index contributed by atoms with van der Waals surface area (Å²) in [6.45, 7) is 1.87. The van der Waals surface area contributed by atoms with Crippen LogP contribution in [0.5, 0.6) is 0 Å². The zero-order valence-electron chi connectivity index (χ0n) is 17.1. The SMILES string of the molecule is CC1CCC/C=C/C=C/C(O)CC(O)C/C=C\C=C\C(O)C/C=C/C=C/C(=O)O1. The average Bonchev–Trinajstić information content (AvgIpc) is 2.65. The van der Waals surface area contributed by atoms with Gasteiger partial charge in [-0.15, -0.1) is 0 Å². The van der Waals surface area contributed by atoms with Crippen molar-refractivity contribution in [3.05, 3.63) is 72.9 Å². The maximum Gasteiger partial charge on any atom is 0.331 e. The molecule has 160 valence electrons.